The highest BCUT2D eigenvalue weighted by atomic mass is 32.2. The van der Waals surface area contributed by atoms with Gasteiger partial charge in [0.2, 0.25) is 5.91 Å². The van der Waals surface area contributed by atoms with E-state index in [0.717, 1.165) is 36.7 Å². The number of aryl methyl sites for hydroxylation is 2. The number of hydrogen-bond donors (Lipinski definition) is 3. The molecule has 0 bridgehead atoms. The van der Waals surface area contributed by atoms with Crippen molar-refractivity contribution in [3.8, 4) is 0 Å². The number of thioether (sulfide) groups is 1. The lowest BCUT2D eigenvalue weighted by atomic mass is 10.0. The summed E-state index contributed by atoms with van der Waals surface area (Å²) < 4.78 is 0. The van der Waals surface area contributed by atoms with Gasteiger partial charge in [0.1, 0.15) is 5.82 Å². The molecule has 9 heteroatoms. The van der Waals surface area contributed by atoms with E-state index in [9.17, 15) is 9.59 Å². The van der Waals surface area contributed by atoms with Crippen LogP contribution in [0.3, 0.4) is 0 Å². The zero-order valence-electron chi connectivity index (χ0n) is 12.6. The van der Waals surface area contributed by atoms with Crippen LogP contribution in [0.5, 0.6) is 0 Å². The second kappa shape index (κ2) is 6.71. The van der Waals surface area contributed by atoms with Crippen molar-refractivity contribution in [1.82, 2.24) is 15.0 Å². The Kier molecular flexibility index (Phi) is 4.67. The predicted molar refractivity (Wildman–Crippen MR) is 92.0 cm³/mol. The Morgan fingerprint density at radius 2 is 2.22 bits per heavy atom. The minimum atomic E-state index is -0.430. The Bertz CT molecular complexity index is 762. The third-order valence-electron chi connectivity index (χ3n) is 3.47. The molecule has 0 aliphatic heterocycles. The zero-order chi connectivity index (χ0) is 16.4. The number of carbonyl (C=O) groups is 1. The molecule has 2 heterocycles. The molecule has 0 fully saturated rings. The molecule has 0 saturated carbocycles. The van der Waals surface area contributed by atoms with Crippen LogP contribution in [0.25, 0.3) is 0 Å². The summed E-state index contributed by atoms with van der Waals surface area (Å²) in [5.74, 6) is -0.0392. The molecular formula is C14H17N5O2S2. The van der Waals surface area contributed by atoms with Crippen molar-refractivity contribution >= 4 is 40.0 Å². The number of anilines is 2. The molecule has 122 valence electrons. The molecule has 3 rings (SSSR count). The van der Waals surface area contributed by atoms with E-state index in [1.165, 1.54) is 17.4 Å². The number of nitrogen functional groups attached to an aromatic ring is 1. The third-order valence-corrected chi connectivity index (χ3v) is 5.53. The van der Waals surface area contributed by atoms with Gasteiger partial charge in [0.25, 0.3) is 5.56 Å². The van der Waals surface area contributed by atoms with Crippen LogP contribution < -0.4 is 16.6 Å². The van der Waals surface area contributed by atoms with Gasteiger partial charge in [-0.25, -0.2) is 9.97 Å². The molecule has 1 atom stereocenters. The first kappa shape index (κ1) is 16.0. The first-order chi connectivity index (χ1) is 11.0. The van der Waals surface area contributed by atoms with Crippen LogP contribution in [0.15, 0.2) is 16.0 Å². The molecule has 0 saturated heterocycles. The van der Waals surface area contributed by atoms with Gasteiger partial charge < -0.3 is 16.0 Å². The van der Waals surface area contributed by atoms with Gasteiger partial charge in [0.15, 0.2) is 10.3 Å². The van der Waals surface area contributed by atoms with Crippen LogP contribution in [0.2, 0.25) is 0 Å². The molecule has 2 aromatic rings. The van der Waals surface area contributed by atoms with Crippen molar-refractivity contribution in [2.75, 3.05) is 11.1 Å². The summed E-state index contributed by atoms with van der Waals surface area (Å²) in [6, 6.07) is 1.20. The maximum Gasteiger partial charge on any atom is 0.253 e. The fourth-order valence-corrected chi connectivity index (χ4v) is 4.21. The number of nitrogens with one attached hydrogen (secondary N) is 2. The van der Waals surface area contributed by atoms with Crippen LogP contribution in [-0.2, 0) is 17.6 Å². The average Bonchev–Trinajstić information content (AvgIpc) is 2.88. The van der Waals surface area contributed by atoms with Crippen molar-refractivity contribution in [3.05, 3.63) is 27.0 Å². The van der Waals surface area contributed by atoms with Crippen LogP contribution in [0.4, 0.5) is 10.9 Å². The lowest BCUT2D eigenvalue weighted by Gasteiger charge is -2.09. The van der Waals surface area contributed by atoms with Crippen LogP contribution >= 0.6 is 23.1 Å². The highest BCUT2D eigenvalue weighted by Gasteiger charge is 2.20. The largest absolute Gasteiger partial charge is 0.383 e. The zero-order valence-corrected chi connectivity index (χ0v) is 14.2. The standard InChI is InChI=1S/C14H17N5O2S2/c1-7(22-14-17-10(15)6-11(20)18-14)12(21)19-13-16-8-4-2-3-5-9(8)23-13/h6-7H,2-5H2,1H3,(H,16,19,21)(H3,15,17,18,20). The number of nitrogens with zero attached hydrogens (tertiary/aromatic N) is 2. The lowest BCUT2D eigenvalue weighted by molar-refractivity contribution is -0.115. The number of hydrogen-bond acceptors (Lipinski definition) is 7. The summed E-state index contributed by atoms with van der Waals surface area (Å²) in [6.07, 6.45) is 4.37. The normalized spacial score (nSPS) is 15.0. The fourth-order valence-electron chi connectivity index (χ4n) is 2.34. The Morgan fingerprint density at radius 3 is 2.96 bits per heavy atom. The molecule has 2 aromatic heterocycles. The summed E-state index contributed by atoms with van der Waals surface area (Å²) in [5, 5.41) is 3.39. The summed E-state index contributed by atoms with van der Waals surface area (Å²) in [6.45, 7) is 1.75. The monoisotopic (exact) mass is 351 g/mol. The second-order valence-corrected chi connectivity index (χ2v) is 7.73. The number of H-pyrrole nitrogens is 1. The molecule has 0 aromatic carbocycles. The number of nitrogens with two attached hydrogens (primary N) is 1. The number of thiazole rings is 1. The van der Waals surface area contributed by atoms with Crippen LogP contribution in [-0.4, -0.2) is 26.1 Å². The molecule has 4 N–H and O–H groups in total. The van der Waals surface area contributed by atoms with Crippen molar-refractivity contribution in [1.29, 1.82) is 0 Å². The summed E-state index contributed by atoms with van der Waals surface area (Å²) in [7, 11) is 0. The van der Waals surface area contributed by atoms with Gasteiger partial charge in [-0.2, -0.15) is 0 Å². The lowest BCUT2D eigenvalue weighted by Crippen LogP contribution is -2.23. The third kappa shape index (κ3) is 3.91. The minimum absolute atomic E-state index is 0.136. The molecule has 1 unspecified atom stereocenters. The number of aromatic nitrogens is 3. The Hall–Kier alpha value is -1.87. The van der Waals surface area contributed by atoms with Gasteiger partial charge in [-0.05, 0) is 32.6 Å². The molecular weight excluding hydrogens is 334 g/mol. The number of fused-ring (bicyclic) bond motifs is 1. The van der Waals surface area contributed by atoms with E-state index in [-0.39, 0.29) is 17.3 Å². The van der Waals surface area contributed by atoms with Crippen LogP contribution in [0, 0.1) is 0 Å². The van der Waals surface area contributed by atoms with Gasteiger partial charge in [-0.1, -0.05) is 11.8 Å². The van der Waals surface area contributed by atoms with Crippen molar-refractivity contribution in [2.45, 2.75) is 43.0 Å². The van der Waals surface area contributed by atoms with Gasteiger partial charge in [0.05, 0.1) is 10.9 Å². The van der Waals surface area contributed by atoms with Gasteiger partial charge in [-0.3, -0.25) is 9.59 Å². The topological polar surface area (TPSA) is 114 Å². The maximum atomic E-state index is 12.3. The minimum Gasteiger partial charge on any atom is -0.383 e. The highest BCUT2D eigenvalue weighted by Crippen LogP contribution is 2.30. The average molecular weight is 351 g/mol. The summed E-state index contributed by atoms with van der Waals surface area (Å²) >= 11 is 2.70. The molecule has 1 amide bonds. The fraction of sp³-hybridized carbons (Fsp3) is 0.429. The molecule has 1 aliphatic carbocycles. The summed E-state index contributed by atoms with van der Waals surface area (Å²) in [5.41, 5.74) is 6.31. The van der Waals surface area contributed by atoms with E-state index >= 15 is 0 Å². The number of carbonyl (C=O) groups excluding carboxylic acids is 1. The van der Waals surface area contributed by atoms with E-state index in [0.29, 0.717) is 10.3 Å². The quantitative estimate of drug-likeness (QED) is 0.572. The van der Waals surface area contributed by atoms with Gasteiger partial charge in [-0.15, -0.1) is 11.3 Å². The first-order valence-electron chi connectivity index (χ1n) is 7.34. The smallest absolute Gasteiger partial charge is 0.253 e. The van der Waals surface area contributed by atoms with Crippen molar-refractivity contribution in [3.63, 3.8) is 0 Å². The molecule has 0 radical (unpaired) electrons. The van der Waals surface area contributed by atoms with E-state index in [4.69, 9.17) is 5.73 Å². The second-order valence-electron chi connectivity index (χ2n) is 5.32. The predicted octanol–water partition coefficient (Wildman–Crippen LogP) is 1.81. The molecule has 7 nitrogen and oxygen atoms in total. The van der Waals surface area contributed by atoms with E-state index < -0.39 is 5.25 Å². The van der Waals surface area contributed by atoms with Gasteiger partial charge >= 0.3 is 0 Å². The van der Waals surface area contributed by atoms with E-state index in [2.05, 4.69) is 20.3 Å². The summed E-state index contributed by atoms with van der Waals surface area (Å²) in [4.78, 5) is 36.0. The maximum absolute atomic E-state index is 12.3. The number of rotatable bonds is 4. The number of amides is 1. The Morgan fingerprint density at radius 1 is 1.43 bits per heavy atom. The molecule has 0 spiro atoms. The molecule has 1 aliphatic rings. The first-order valence-corrected chi connectivity index (χ1v) is 9.04. The van der Waals surface area contributed by atoms with Crippen molar-refractivity contribution in [2.24, 2.45) is 0 Å². The van der Waals surface area contributed by atoms with E-state index in [1.807, 2.05) is 0 Å². The molecule has 23 heavy (non-hydrogen) atoms. The Balaban J connectivity index is 1.65. The Labute approximate surface area is 141 Å². The van der Waals surface area contributed by atoms with E-state index in [1.54, 1.807) is 18.3 Å². The highest BCUT2D eigenvalue weighted by molar-refractivity contribution is 8.00. The SMILES string of the molecule is CC(Sc1nc(N)cc(=O)[nH]1)C(=O)Nc1nc2c(s1)CCCC2. The van der Waals surface area contributed by atoms with Crippen LogP contribution in [0.1, 0.15) is 30.3 Å². The van der Waals surface area contributed by atoms with Crippen molar-refractivity contribution < 1.29 is 4.79 Å². The van der Waals surface area contributed by atoms with Gasteiger partial charge in [0, 0.05) is 10.9 Å². The number of aromatic amines is 1.